The molecular weight excluding hydrogens is 332 g/mol. The van der Waals surface area contributed by atoms with Gasteiger partial charge in [-0.3, -0.25) is 9.80 Å². The zero-order valence-corrected chi connectivity index (χ0v) is 14.7. The van der Waals surface area contributed by atoms with Crippen molar-refractivity contribution in [2.45, 2.75) is 44.4 Å². The summed E-state index contributed by atoms with van der Waals surface area (Å²) in [6.45, 7) is 3.36. The van der Waals surface area contributed by atoms with Crippen LogP contribution in [0.2, 0.25) is 0 Å². The molecule has 26 heavy (non-hydrogen) atoms. The van der Waals surface area contributed by atoms with Gasteiger partial charge in [-0.1, -0.05) is 6.92 Å². The van der Waals surface area contributed by atoms with Gasteiger partial charge >= 0.3 is 0 Å². The molecule has 7 nitrogen and oxygen atoms in total. The van der Waals surface area contributed by atoms with Gasteiger partial charge in [-0.05, 0) is 36.6 Å². The molecule has 7 heteroatoms. The molecular formula is C19H22N4O3. The van der Waals surface area contributed by atoms with Crippen LogP contribution in [0.4, 0.5) is 0 Å². The van der Waals surface area contributed by atoms with Crippen molar-refractivity contribution in [3.05, 3.63) is 41.3 Å². The number of rotatable bonds is 3. The number of hydrogen-bond donors (Lipinski definition) is 2. The van der Waals surface area contributed by atoms with E-state index in [2.05, 4.69) is 23.7 Å². The van der Waals surface area contributed by atoms with Gasteiger partial charge in [0.25, 0.3) is 0 Å². The summed E-state index contributed by atoms with van der Waals surface area (Å²) in [5.74, 6) is 1.43. The minimum absolute atomic E-state index is 0.1000. The number of nitrogens with one attached hydrogen (secondary N) is 2. The highest BCUT2D eigenvalue weighted by Gasteiger charge is 2.34. The fourth-order valence-corrected chi connectivity index (χ4v) is 3.55. The summed E-state index contributed by atoms with van der Waals surface area (Å²) in [7, 11) is 0. The van der Waals surface area contributed by atoms with Crippen molar-refractivity contribution in [2.24, 2.45) is 0 Å². The maximum Gasteiger partial charge on any atom is 0.243 e. The fraction of sp³-hybridized carbons (Fsp3) is 0.474. The number of ether oxygens (including phenoxy) is 2. The number of amides is 1. The van der Waals surface area contributed by atoms with Crippen LogP contribution in [0.3, 0.4) is 0 Å². The van der Waals surface area contributed by atoms with E-state index in [1.807, 2.05) is 23.2 Å². The van der Waals surface area contributed by atoms with Crippen LogP contribution in [0, 0.1) is 11.3 Å². The van der Waals surface area contributed by atoms with E-state index in [9.17, 15) is 4.79 Å². The average Bonchev–Trinajstić information content (AvgIpc) is 3.10. The van der Waals surface area contributed by atoms with Gasteiger partial charge in [0, 0.05) is 19.0 Å². The highest BCUT2D eigenvalue weighted by Crippen LogP contribution is 2.26. The lowest BCUT2D eigenvalue weighted by molar-refractivity contribution is -0.123. The van der Waals surface area contributed by atoms with E-state index in [1.165, 1.54) is 0 Å². The summed E-state index contributed by atoms with van der Waals surface area (Å²) < 4.78 is 11.6. The van der Waals surface area contributed by atoms with Crippen LogP contribution in [-0.4, -0.2) is 42.3 Å². The molecule has 0 bridgehead atoms. The number of hydrogen-bond acceptors (Lipinski definition) is 6. The van der Waals surface area contributed by atoms with E-state index in [0.717, 1.165) is 36.6 Å². The van der Waals surface area contributed by atoms with E-state index in [4.69, 9.17) is 14.7 Å². The molecule has 136 valence electrons. The monoisotopic (exact) mass is 354 g/mol. The topological polar surface area (TPSA) is 86.6 Å². The van der Waals surface area contributed by atoms with E-state index < -0.39 is 6.04 Å². The maximum atomic E-state index is 12.6. The first-order valence-corrected chi connectivity index (χ1v) is 9.04. The summed E-state index contributed by atoms with van der Waals surface area (Å²) in [6, 6.07) is 6.96. The van der Waals surface area contributed by atoms with Crippen LogP contribution >= 0.6 is 0 Å². The van der Waals surface area contributed by atoms with Gasteiger partial charge in [0.15, 0.2) is 0 Å². The Balaban J connectivity index is 1.38. The smallest absolute Gasteiger partial charge is 0.243 e. The zero-order chi connectivity index (χ0) is 18.1. The predicted octanol–water partition coefficient (Wildman–Crippen LogP) is 1.21. The lowest BCUT2D eigenvalue weighted by Crippen LogP contribution is -2.52. The molecule has 1 amide bonds. The van der Waals surface area contributed by atoms with Crippen LogP contribution in [0.15, 0.2) is 30.2 Å². The minimum Gasteiger partial charge on any atom is -0.491 e. The summed E-state index contributed by atoms with van der Waals surface area (Å²) in [6.07, 6.45) is 4.62. The Morgan fingerprint density at radius 2 is 2.38 bits per heavy atom. The molecule has 3 unspecified atom stereocenters. The third-order valence-electron chi connectivity index (χ3n) is 5.01. The quantitative estimate of drug-likeness (QED) is 0.848. The normalized spacial score (nSPS) is 26.5. The van der Waals surface area contributed by atoms with Crippen LogP contribution < -0.4 is 15.5 Å². The van der Waals surface area contributed by atoms with Crippen molar-refractivity contribution in [2.75, 3.05) is 13.2 Å². The summed E-state index contributed by atoms with van der Waals surface area (Å²) >= 11 is 0. The van der Waals surface area contributed by atoms with Gasteiger partial charge < -0.3 is 14.8 Å². The Morgan fingerprint density at radius 1 is 1.50 bits per heavy atom. The fourth-order valence-electron chi connectivity index (χ4n) is 3.55. The van der Waals surface area contributed by atoms with Crippen LogP contribution in [-0.2, 0) is 16.0 Å². The molecule has 1 aromatic carbocycles. The van der Waals surface area contributed by atoms with Crippen molar-refractivity contribution in [1.29, 1.82) is 5.26 Å². The number of fused-ring (bicyclic) bond motifs is 2. The molecule has 3 atom stereocenters. The second-order valence-corrected chi connectivity index (χ2v) is 6.86. The second kappa shape index (κ2) is 6.89. The van der Waals surface area contributed by atoms with Crippen molar-refractivity contribution < 1.29 is 14.3 Å². The van der Waals surface area contributed by atoms with Gasteiger partial charge in [-0.25, -0.2) is 5.43 Å². The van der Waals surface area contributed by atoms with Gasteiger partial charge in [0.1, 0.15) is 24.5 Å². The molecule has 0 spiro atoms. The highest BCUT2D eigenvalue weighted by molar-refractivity contribution is 5.84. The standard InChI is InChI=1S/C19H22N4O3/c1-2-15-5-6-23-18(26-15)9-16(22-23)19(24)21-14-8-13-7-12(10-20)3-4-17(13)25-11-14/h3-4,7,9,14-16,22H,2,5-6,8,11H2,1H3,(H,21,24). The van der Waals surface area contributed by atoms with Crippen molar-refractivity contribution in [3.8, 4) is 11.8 Å². The highest BCUT2D eigenvalue weighted by atomic mass is 16.5. The number of carbonyl (C=O) groups excluding carboxylic acids is 1. The van der Waals surface area contributed by atoms with Crippen molar-refractivity contribution >= 4 is 5.91 Å². The zero-order valence-electron chi connectivity index (χ0n) is 14.7. The molecule has 3 aliphatic rings. The van der Waals surface area contributed by atoms with Gasteiger partial charge in [-0.2, -0.15) is 5.26 Å². The number of hydrazine groups is 1. The Labute approximate surface area is 152 Å². The predicted molar refractivity (Wildman–Crippen MR) is 93.8 cm³/mol. The van der Waals surface area contributed by atoms with Crippen LogP contribution in [0.1, 0.15) is 30.9 Å². The molecule has 0 radical (unpaired) electrons. The van der Waals surface area contributed by atoms with Crippen LogP contribution in [0.5, 0.6) is 5.75 Å². The van der Waals surface area contributed by atoms with Gasteiger partial charge in [0.2, 0.25) is 11.8 Å². The molecule has 2 N–H and O–H groups in total. The summed E-state index contributed by atoms with van der Waals surface area (Å²) in [5, 5.41) is 14.0. The molecule has 3 aliphatic heterocycles. The molecule has 1 fully saturated rings. The van der Waals surface area contributed by atoms with E-state index in [1.54, 1.807) is 6.07 Å². The molecule has 4 rings (SSSR count). The molecule has 0 aliphatic carbocycles. The molecule has 1 saturated heterocycles. The molecule has 0 saturated carbocycles. The summed E-state index contributed by atoms with van der Waals surface area (Å²) in [5.41, 5.74) is 4.73. The lowest BCUT2D eigenvalue weighted by atomic mass is 10.0. The van der Waals surface area contributed by atoms with E-state index in [0.29, 0.717) is 18.6 Å². The number of nitriles is 1. The lowest BCUT2D eigenvalue weighted by Gasteiger charge is -2.32. The first-order valence-electron chi connectivity index (χ1n) is 9.04. The Bertz CT molecular complexity index is 785. The Kier molecular flexibility index (Phi) is 4.43. The number of nitrogens with zero attached hydrogens (tertiary/aromatic N) is 2. The Hall–Kier alpha value is -2.72. The van der Waals surface area contributed by atoms with Crippen LogP contribution in [0.25, 0.3) is 0 Å². The van der Waals surface area contributed by atoms with Gasteiger partial charge in [0.05, 0.1) is 17.7 Å². The largest absolute Gasteiger partial charge is 0.491 e. The Morgan fingerprint density at radius 3 is 3.19 bits per heavy atom. The second-order valence-electron chi connectivity index (χ2n) is 6.86. The summed E-state index contributed by atoms with van der Waals surface area (Å²) in [4.78, 5) is 12.6. The van der Waals surface area contributed by atoms with E-state index in [-0.39, 0.29) is 18.1 Å². The maximum absolute atomic E-state index is 12.6. The van der Waals surface area contributed by atoms with Gasteiger partial charge in [-0.15, -0.1) is 0 Å². The molecule has 0 aromatic heterocycles. The third kappa shape index (κ3) is 3.20. The first-order chi connectivity index (χ1) is 12.7. The minimum atomic E-state index is -0.438. The first kappa shape index (κ1) is 16.7. The SMILES string of the molecule is CCC1CCN2NC(C(=O)NC3COc4ccc(C#N)cc4C3)C=C2O1. The number of carbonyl (C=O) groups is 1. The van der Waals surface area contributed by atoms with E-state index >= 15 is 0 Å². The van der Waals surface area contributed by atoms with Crippen molar-refractivity contribution in [3.63, 3.8) is 0 Å². The third-order valence-corrected chi connectivity index (χ3v) is 5.01. The van der Waals surface area contributed by atoms with Crippen molar-refractivity contribution in [1.82, 2.24) is 15.8 Å². The number of benzene rings is 1. The molecule has 3 heterocycles. The molecule has 1 aromatic rings. The average molecular weight is 354 g/mol.